The second kappa shape index (κ2) is 5.31. The summed E-state index contributed by atoms with van der Waals surface area (Å²) in [5, 5.41) is 0. The van der Waals surface area contributed by atoms with Crippen molar-refractivity contribution in [2.75, 3.05) is 53.4 Å². The van der Waals surface area contributed by atoms with Gasteiger partial charge in [0.1, 0.15) is 0 Å². The second-order valence-electron chi connectivity index (χ2n) is 9.29. The van der Waals surface area contributed by atoms with Crippen LogP contribution in [0, 0.1) is 10.8 Å². The van der Waals surface area contributed by atoms with Crippen LogP contribution in [0.4, 0.5) is 0 Å². The summed E-state index contributed by atoms with van der Waals surface area (Å²) >= 11 is 0. The lowest BCUT2D eigenvalue weighted by atomic mass is 9.71. The number of aryl methyl sites for hydroxylation is 1. The van der Waals surface area contributed by atoms with Crippen molar-refractivity contribution in [2.24, 2.45) is 10.8 Å². The van der Waals surface area contributed by atoms with Gasteiger partial charge in [-0.2, -0.15) is 0 Å². The molecule has 3 aliphatic heterocycles. The maximum absolute atomic E-state index is 13.1. The van der Waals surface area contributed by atoms with Crippen molar-refractivity contribution in [3.8, 4) is 0 Å². The van der Waals surface area contributed by atoms with Crippen LogP contribution in [0.1, 0.15) is 29.9 Å². The van der Waals surface area contributed by atoms with Gasteiger partial charge < -0.3 is 14.7 Å². The Kier molecular flexibility index (Phi) is 3.36. The first-order chi connectivity index (χ1) is 12.0. The number of likely N-dealkylation sites (tertiary alicyclic amines) is 3. The van der Waals surface area contributed by atoms with E-state index in [0.29, 0.717) is 29.1 Å². The number of amides is 1. The number of hydrogen-bond acceptors (Lipinski definition) is 3. The molecule has 5 rings (SSSR count). The summed E-state index contributed by atoms with van der Waals surface area (Å²) < 4.78 is 0. The van der Waals surface area contributed by atoms with Crippen LogP contribution < -0.4 is 0 Å². The monoisotopic (exact) mass is 339 g/mol. The number of benzene rings is 1. The van der Waals surface area contributed by atoms with Crippen LogP contribution in [0.25, 0.3) is 0 Å². The molecule has 25 heavy (non-hydrogen) atoms. The first kappa shape index (κ1) is 15.8. The molecule has 3 fully saturated rings. The molecule has 0 aromatic heterocycles. The van der Waals surface area contributed by atoms with Gasteiger partial charge in [0.15, 0.2) is 0 Å². The summed E-state index contributed by atoms with van der Waals surface area (Å²) in [5.41, 5.74) is 3.49. The van der Waals surface area contributed by atoms with E-state index in [0.717, 1.165) is 52.1 Å². The summed E-state index contributed by atoms with van der Waals surface area (Å²) in [6.07, 6.45) is 2.98. The zero-order valence-electron chi connectivity index (χ0n) is 15.5. The smallest absolute Gasteiger partial charge is 0.223 e. The Bertz CT molecular complexity index is 677. The van der Waals surface area contributed by atoms with E-state index in [-0.39, 0.29) is 0 Å². The molecule has 4 heteroatoms. The first-order valence-corrected chi connectivity index (χ1v) is 9.73. The highest BCUT2D eigenvalue weighted by atomic mass is 16.2. The molecule has 134 valence electrons. The average molecular weight is 339 g/mol. The Labute approximate surface area is 150 Å². The van der Waals surface area contributed by atoms with Crippen LogP contribution in [0.2, 0.25) is 0 Å². The van der Waals surface area contributed by atoms with Crippen molar-refractivity contribution in [1.82, 2.24) is 14.7 Å². The zero-order valence-corrected chi connectivity index (χ0v) is 15.5. The molecule has 0 saturated carbocycles. The Balaban J connectivity index is 1.33. The Morgan fingerprint density at radius 1 is 1.00 bits per heavy atom. The average Bonchev–Trinajstić information content (AvgIpc) is 3.19. The molecule has 4 nitrogen and oxygen atoms in total. The van der Waals surface area contributed by atoms with E-state index >= 15 is 0 Å². The van der Waals surface area contributed by atoms with Crippen molar-refractivity contribution in [3.05, 3.63) is 35.4 Å². The highest BCUT2D eigenvalue weighted by Gasteiger charge is 2.66. The molecule has 4 aliphatic rings. The van der Waals surface area contributed by atoms with Gasteiger partial charge in [-0.3, -0.25) is 4.79 Å². The van der Waals surface area contributed by atoms with E-state index < -0.39 is 0 Å². The summed E-state index contributed by atoms with van der Waals surface area (Å²) in [7, 11) is 4.49. The summed E-state index contributed by atoms with van der Waals surface area (Å²) in [6, 6.07) is 8.70. The van der Waals surface area contributed by atoms with E-state index in [2.05, 4.69) is 53.1 Å². The van der Waals surface area contributed by atoms with E-state index in [1.807, 2.05) is 0 Å². The lowest BCUT2D eigenvalue weighted by Gasteiger charge is -2.28. The third-order valence-corrected chi connectivity index (χ3v) is 7.43. The lowest BCUT2D eigenvalue weighted by molar-refractivity contribution is -0.131. The Morgan fingerprint density at radius 2 is 1.60 bits per heavy atom. The molecule has 3 heterocycles. The largest absolute Gasteiger partial charge is 0.341 e. The fraction of sp³-hybridized carbons (Fsp3) is 0.667. The van der Waals surface area contributed by atoms with Gasteiger partial charge in [0.2, 0.25) is 5.91 Å². The third-order valence-electron chi connectivity index (χ3n) is 7.43. The van der Waals surface area contributed by atoms with Crippen LogP contribution >= 0.6 is 0 Å². The third kappa shape index (κ3) is 2.23. The number of carbonyl (C=O) groups excluding carboxylic acids is 1. The fourth-order valence-electron chi connectivity index (χ4n) is 6.64. The SMILES string of the molecule is CN1CC23CN(C)CC2(C1)CN(C(=O)CC1CCc2ccccc21)C3. The predicted octanol–water partition coefficient (Wildman–Crippen LogP) is 1.81. The first-order valence-electron chi connectivity index (χ1n) is 9.73. The van der Waals surface area contributed by atoms with E-state index in [1.54, 1.807) is 0 Å². The van der Waals surface area contributed by atoms with Crippen molar-refractivity contribution in [2.45, 2.75) is 25.2 Å². The Hall–Kier alpha value is -1.39. The van der Waals surface area contributed by atoms with Crippen LogP contribution in [-0.2, 0) is 11.2 Å². The van der Waals surface area contributed by atoms with Gasteiger partial charge in [-0.05, 0) is 44.0 Å². The predicted molar refractivity (Wildman–Crippen MR) is 98.6 cm³/mol. The van der Waals surface area contributed by atoms with Gasteiger partial charge in [0.25, 0.3) is 0 Å². The molecule has 1 aliphatic carbocycles. The molecule has 1 aromatic rings. The minimum Gasteiger partial charge on any atom is -0.341 e. The van der Waals surface area contributed by atoms with Crippen LogP contribution in [0.15, 0.2) is 24.3 Å². The molecule has 1 atom stereocenters. The molecule has 0 N–H and O–H groups in total. The number of hydrogen-bond donors (Lipinski definition) is 0. The number of carbonyl (C=O) groups is 1. The normalized spacial score (nSPS) is 37.4. The van der Waals surface area contributed by atoms with Gasteiger partial charge in [-0.1, -0.05) is 24.3 Å². The van der Waals surface area contributed by atoms with E-state index in [9.17, 15) is 4.79 Å². The van der Waals surface area contributed by atoms with Gasteiger partial charge in [0, 0.05) is 56.5 Å². The molecule has 0 bridgehead atoms. The highest BCUT2D eigenvalue weighted by molar-refractivity contribution is 5.78. The molecular formula is C21H29N3O. The molecule has 1 aromatic carbocycles. The fourth-order valence-corrected chi connectivity index (χ4v) is 6.64. The van der Waals surface area contributed by atoms with Crippen LogP contribution in [-0.4, -0.2) is 74.0 Å². The molecule has 0 radical (unpaired) electrons. The lowest BCUT2D eigenvalue weighted by Crippen LogP contribution is -2.40. The maximum atomic E-state index is 13.1. The van der Waals surface area contributed by atoms with Gasteiger partial charge in [0.05, 0.1) is 0 Å². The number of rotatable bonds is 2. The van der Waals surface area contributed by atoms with Crippen molar-refractivity contribution in [1.29, 1.82) is 0 Å². The number of fused-ring (bicyclic) bond motifs is 1. The standard InChI is InChI=1S/C21H29N3O/c1-22-10-20-12-23(2)13-21(20,11-22)15-24(14-20)19(25)9-17-8-7-16-5-3-4-6-18(16)17/h3-6,17H,7-15H2,1-2H3. The highest BCUT2D eigenvalue weighted by Crippen LogP contribution is 2.56. The van der Waals surface area contributed by atoms with Crippen molar-refractivity contribution < 1.29 is 4.79 Å². The summed E-state index contributed by atoms with van der Waals surface area (Å²) in [6.45, 7) is 6.52. The number of nitrogens with zero attached hydrogens (tertiary/aromatic N) is 3. The minimum atomic E-state index is 0.305. The summed E-state index contributed by atoms with van der Waals surface area (Å²) in [4.78, 5) is 20.3. The summed E-state index contributed by atoms with van der Waals surface area (Å²) in [5.74, 6) is 0.825. The van der Waals surface area contributed by atoms with Gasteiger partial charge >= 0.3 is 0 Å². The molecule has 1 amide bonds. The van der Waals surface area contributed by atoms with Crippen molar-refractivity contribution >= 4 is 5.91 Å². The van der Waals surface area contributed by atoms with Gasteiger partial charge in [-0.25, -0.2) is 0 Å². The maximum Gasteiger partial charge on any atom is 0.223 e. The molecule has 3 saturated heterocycles. The second-order valence-corrected chi connectivity index (χ2v) is 9.29. The van der Waals surface area contributed by atoms with Crippen molar-refractivity contribution in [3.63, 3.8) is 0 Å². The Morgan fingerprint density at radius 3 is 2.24 bits per heavy atom. The zero-order chi connectivity index (χ0) is 17.2. The molecule has 0 spiro atoms. The van der Waals surface area contributed by atoms with Crippen LogP contribution in [0.5, 0.6) is 0 Å². The molecule has 1 unspecified atom stereocenters. The van der Waals surface area contributed by atoms with Gasteiger partial charge in [-0.15, -0.1) is 0 Å². The van der Waals surface area contributed by atoms with E-state index in [4.69, 9.17) is 0 Å². The molecular weight excluding hydrogens is 310 g/mol. The van der Waals surface area contributed by atoms with Crippen LogP contribution in [0.3, 0.4) is 0 Å². The van der Waals surface area contributed by atoms with E-state index in [1.165, 1.54) is 11.1 Å². The topological polar surface area (TPSA) is 26.8 Å². The quantitative estimate of drug-likeness (QED) is 0.822. The minimum absolute atomic E-state index is 0.305.